The summed E-state index contributed by atoms with van der Waals surface area (Å²) in [6.45, 7) is 0. The first-order valence-electron chi connectivity index (χ1n) is 6.23. The lowest BCUT2D eigenvalue weighted by atomic mass is 10.00. The lowest BCUT2D eigenvalue weighted by molar-refractivity contribution is 0.219. The summed E-state index contributed by atoms with van der Waals surface area (Å²) in [7, 11) is 0. The van der Waals surface area contributed by atoms with E-state index in [2.05, 4.69) is 4.98 Å². The molecule has 0 spiro atoms. The zero-order chi connectivity index (χ0) is 15.0. The van der Waals surface area contributed by atoms with Crippen molar-refractivity contribution in [1.29, 1.82) is 0 Å². The maximum atomic E-state index is 13.2. The second kappa shape index (κ2) is 5.18. The van der Waals surface area contributed by atoms with Crippen LogP contribution < -0.4 is 0 Å². The molecular weight excluding hydrogens is 279 g/mol. The lowest BCUT2D eigenvalue weighted by Crippen LogP contribution is -2.03. The van der Waals surface area contributed by atoms with Crippen LogP contribution in [0.2, 0.25) is 0 Å². The fourth-order valence-electron chi connectivity index (χ4n) is 2.18. The van der Waals surface area contributed by atoms with Gasteiger partial charge in [0.1, 0.15) is 6.10 Å². The molecule has 1 heterocycles. The Morgan fingerprint density at radius 3 is 2.33 bits per heavy atom. The number of rotatable bonds is 2. The van der Waals surface area contributed by atoms with Gasteiger partial charge in [0.25, 0.3) is 0 Å². The van der Waals surface area contributed by atoms with E-state index < -0.39 is 23.6 Å². The Morgan fingerprint density at radius 2 is 1.62 bits per heavy atom. The van der Waals surface area contributed by atoms with Gasteiger partial charge in [0.15, 0.2) is 17.5 Å². The molecule has 1 aromatic heterocycles. The molecule has 0 aliphatic carbocycles. The van der Waals surface area contributed by atoms with Gasteiger partial charge in [-0.3, -0.25) is 4.98 Å². The summed E-state index contributed by atoms with van der Waals surface area (Å²) < 4.78 is 39.4. The smallest absolute Gasteiger partial charge is 0.194 e. The van der Waals surface area contributed by atoms with Crippen molar-refractivity contribution in [3.63, 3.8) is 0 Å². The van der Waals surface area contributed by atoms with Crippen molar-refractivity contribution in [3.05, 3.63) is 77.2 Å². The summed E-state index contributed by atoms with van der Waals surface area (Å²) in [6.07, 6.45) is 0.344. The molecule has 0 saturated carbocycles. The number of nitrogens with zero attached hydrogens (tertiary/aromatic N) is 1. The van der Waals surface area contributed by atoms with Crippen molar-refractivity contribution in [2.45, 2.75) is 6.10 Å². The number of hydrogen-bond donors (Lipinski definition) is 1. The first-order chi connectivity index (χ1) is 10.1. The Bertz CT molecular complexity index is 796. The SMILES string of the molecule is OC(c1cc(F)c(F)c(F)c1)c1ccc2cccnc2c1. The molecule has 3 aromatic rings. The van der Waals surface area contributed by atoms with E-state index in [1.54, 1.807) is 30.5 Å². The third kappa shape index (κ3) is 2.48. The van der Waals surface area contributed by atoms with Crippen molar-refractivity contribution in [3.8, 4) is 0 Å². The zero-order valence-electron chi connectivity index (χ0n) is 10.7. The standard InChI is InChI=1S/C16H10F3NO/c17-12-6-11(7-13(18)15(12)19)16(21)10-4-3-9-2-1-5-20-14(9)8-10/h1-8,16,21H. The van der Waals surface area contributed by atoms with Gasteiger partial charge in [-0.05, 0) is 35.4 Å². The maximum absolute atomic E-state index is 13.2. The topological polar surface area (TPSA) is 33.1 Å². The van der Waals surface area contributed by atoms with Gasteiger partial charge in [0.05, 0.1) is 5.52 Å². The molecule has 0 amide bonds. The highest BCUT2D eigenvalue weighted by Crippen LogP contribution is 2.26. The predicted octanol–water partition coefficient (Wildman–Crippen LogP) is 3.73. The van der Waals surface area contributed by atoms with E-state index in [9.17, 15) is 18.3 Å². The molecule has 0 radical (unpaired) electrons. The van der Waals surface area contributed by atoms with E-state index in [1.165, 1.54) is 0 Å². The fourth-order valence-corrected chi connectivity index (χ4v) is 2.18. The zero-order valence-corrected chi connectivity index (χ0v) is 10.7. The van der Waals surface area contributed by atoms with Crippen LogP contribution in [0, 0.1) is 17.5 Å². The average molecular weight is 289 g/mol. The second-order valence-electron chi connectivity index (χ2n) is 4.66. The van der Waals surface area contributed by atoms with Gasteiger partial charge in [-0.15, -0.1) is 0 Å². The van der Waals surface area contributed by atoms with E-state index in [0.29, 0.717) is 11.1 Å². The molecule has 1 N–H and O–H groups in total. The Labute approximate surface area is 118 Å². The molecule has 0 fully saturated rings. The van der Waals surface area contributed by atoms with Crippen LogP contribution in [0.1, 0.15) is 17.2 Å². The molecule has 2 nitrogen and oxygen atoms in total. The van der Waals surface area contributed by atoms with Crippen molar-refractivity contribution in [2.24, 2.45) is 0 Å². The molecule has 5 heteroatoms. The van der Waals surface area contributed by atoms with Crippen LogP contribution >= 0.6 is 0 Å². The van der Waals surface area contributed by atoms with Crippen molar-refractivity contribution < 1.29 is 18.3 Å². The van der Waals surface area contributed by atoms with Gasteiger partial charge in [-0.1, -0.05) is 18.2 Å². The molecule has 0 aliphatic heterocycles. The molecule has 0 saturated heterocycles. The van der Waals surface area contributed by atoms with E-state index in [4.69, 9.17) is 0 Å². The second-order valence-corrected chi connectivity index (χ2v) is 4.66. The number of aliphatic hydroxyl groups is 1. The molecule has 0 bridgehead atoms. The summed E-state index contributed by atoms with van der Waals surface area (Å²) in [4.78, 5) is 4.15. The normalized spacial score (nSPS) is 12.6. The first kappa shape index (κ1) is 13.6. The van der Waals surface area contributed by atoms with E-state index in [-0.39, 0.29) is 5.56 Å². The molecule has 0 aliphatic rings. The minimum absolute atomic E-state index is 0.0540. The fraction of sp³-hybridized carbons (Fsp3) is 0.0625. The van der Waals surface area contributed by atoms with Crippen LogP contribution in [0.3, 0.4) is 0 Å². The molecule has 21 heavy (non-hydrogen) atoms. The number of aromatic nitrogens is 1. The number of fused-ring (bicyclic) bond motifs is 1. The van der Waals surface area contributed by atoms with Gasteiger partial charge in [-0.25, -0.2) is 13.2 Å². The van der Waals surface area contributed by atoms with E-state index >= 15 is 0 Å². The Kier molecular flexibility index (Phi) is 3.35. The monoisotopic (exact) mass is 289 g/mol. The van der Waals surface area contributed by atoms with Crippen molar-refractivity contribution in [2.75, 3.05) is 0 Å². The van der Waals surface area contributed by atoms with Crippen LogP contribution in [-0.2, 0) is 0 Å². The van der Waals surface area contributed by atoms with Gasteiger partial charge in [-0.2, -0.15) is 0 Å². The summed E-state index contributed by atoms with van der Waals surface area (Å²) >= 11 is 0. The third-order valence-electron chi connectivity index (χ3n) is 3.27. The van der Waals surface area contributed by atoms with Gasteiger partial charge in [0.2, 0.25) is 0 Å². The Balaban J connectivity index is 2.05. The van der Waals surface area contributed by atoms with Gasteiger partial charge < -0.3 is 5.11 Å². The number of hydrogen-bond acceptors (Lipinski definition) is 2. The highest BCUT2D eigenvalue weighted by Gasteiger charge is 2.17. The minimum Gasteiger partial charge on any atom is -0.384 e. The van der Waals surface area contributed by atoms with Crippen molar-refractivity contribution in [1.82, 2.24) is 4.98 Å². The van der Waals surface area contributed by atoms with Crippen LogP contribution in [0.15, 0.2) is 48.7 Å². The van der Waals surface area contributed by atoms with Crippen LogP contribution in [-0.4, -0.2) is 10.1 Å². The summed E-state index contributed by atoms with van der Waals surface area (Å²) in [5, 5.41) is 11.1. The van der Waals surface area contributed by atoms with E-state index in [1.807, 2.05) is 6.07 Å². The Hall–Kier alpha value is -2.40. The highest BCUT2D eigenvalue weighted by atomic mass is 19.2. The molecule has 106 valence electrons. The first-order valence-corrected chi connectivity index (χ1v) is 6.23. The molecule has 1 unspecified atom stereocenters. The summed E-state index contributed by atoms with van der Waals surface area (Å²) in [5.74, 6) is -4.21. The van der Waals surface area contributed by atoms with E-state index in [0.717, 1.165) is 17.5 Å². The molecule has 3 rings (SSSR count). The lowest BCUT2D eigenvalue weighted by Gasteiger charge is -2.13. The van der Waals surface area contributed by atoms with Crippen LogP contribution in [0.5, 0.6) is 0 Å². The van der Waals surface area contributed by atoms with Crippen LogP contribution in [0.4, 0.5) is 13.2 Å². The number of pyridine rings is 1. The number of benzene rings is 2. The number of aliphatic hydroxyl groups excluding tert-OH is 1. The summed E-state index contributed by atoms with van der Waals surface area (Å²) in [5.41, 5.74) is 1.02. The van der Waals surface area contributed by atoms with Gasteiger partial charge >= 0.3 is 0 Å². The Morgan fingerprint density at radius 1 is 0.905 bits per heavy atom. The predicted molar refractivity (Wildman–Crippen MR) is 72.1 cm³/mol. The molecule has 2 aromatic carbocycles. The quantitative estimate of drug-likeness (QED) is 0.729. The van der Waals surface area contributed by atoms with Crippen LogP contribution in [0.25, 0.3) is 10.9 Å². The minimum atomic E-state index is -1.55. The molecular formula is C16H10F3NO. The van der Waals surface area contributed by atoms with Gasteiger partial charge in [0, 0.05) is 11.6 Å². The summed E-state index contributed by atoms with van der Waals surface area (Å²) in [6, 6.07) is 10.2. The average Bonchev–Trinajstić information content (AvgIpc) is 2.51. The maximum Gasteiger partial charge on any atom is 0.194 e. The largest absolute Gasteiger partial charge is 0.384 e. The molecule has 1 atom stereocenters. The third-order valence-corrected chi connectivity index (χ3v) is 3.27. The van der Waals surface area contributed by atoms with Crippen molar-refractivity contribution >= 4 is 10.9 Å². The highest BCUT2D eigenvalue weighted by molar-refractivity contribution is 5.79. The number of halogens is 3.